The summed E-state index contributed by atoms with van der Waals surface area (Å²) >= 11 is 0. The first-order chi connectivity index (χ1) is 14.7. The third-order valence-corrected chi connectivity index (χ3v) is 5.00. The summed E-state index contributed by atoms with van der Waals surface area (Å²) in [6, 6.07) is 14.1. The molecule has 2 heterocycles. The molecule has 168 valence electrons. The molecule has 1 atom stereocenters. The van der Waals surface area contributed by atoms with Gasteiger partial charge in [-0.1, -0.05) is 43.3 Å². The molecule has 3 rings (SSSR count). The van der Waals surface area contributed by atoms with Crippen molar-refractivity contribution < 1.29 is 9.53 Å². The maximum absolute atomic E-state index is 11.9. The molecule has 1 aromatic heterocycles. The lowest BCUT2D eigenvalue weighted by molar-refractivity contribution is -0.129. The molecule has 2 aromatic rings. The van der Waals surface area contributed by atoms with Crippen LogP contribution < -0.4 is 15.4 Å². The van der Waals surface area contributed by atoms with Crippen molar-refractivity contribution in [2.75, 3.05) is 19.6 Å². The van der Waals surface area contributed by atoms with Crippen LogP contribution in [0.5, 0.6) is 5.88 Å². The minimum atomic E-state index is 0. The van der Waals surface area contributed by atoms with Gasteiger partial charge in [0, 0.05) is 43.9 Å². The van der Waals surface area contributed by atoms with Crippen LogP contribution in [0.25, 0.3) is 0 Å². The van der Waals surface area contributed by atoms with E-state index in [1.165, 1.54) is 0 Å². The van der Waals surface area contributed by atoms with E-state index in [4.69, 9.17) is 9.73 Å². The van der Waals surface area contributed by atoms with E-state index >= 15 is 0 Å². The van der Waals surface area contributed by atoms with Gasteiger partial charge in [-0.05, 0) is 25.0 Å². The minimum absolute atomic E-state index is 0. The average molecular weight is 537 g/mol. The largest absolute Gasteiger partial charge is 0.473 e. The normalized spacial score (nSPS) is 15.9. The highest BCUT2D eigenvalue weighted by atomic mass is 127. The fourth-order valence-corrected chi connectivity index (χ4v) is 3.41. The number of guanidine groups is 1. The number of benzene rings is 1. The highest BCUT2D eigenvalue weighted by molar-refractivity contribution is 14.0. The number of carbonyl (C=O) groups excluding carboxylic acids is 1. The predicted octanol–water partition coefficient (Wildman–Crippen LogP) is 3.34. The van der Waals surface area contributed by atoms with Crippen LogP contribution in [0.3, 0.4) is 0 Å². The van der Waals surface area contributed by atoms with E-state index in [1.54, 1.807) is 6.20 Å². The Hall–Kier alpha value is -2.36. The third kappa shape index (κ3) is 7.68. The Balaban J connectivity index is 0.00000341. The highest BCUT2D eigenvalue weighted by Crippen LogP contribution is 2.17. The molecule has 7 nitrogen and oxygen atoms in total. The van der Waals surface area contributed by atoms with Crippen molar-refractivity contribution in [1.29, 1.82) is 0 Å². The van der Waals surface area contributed by atoms with Crippen LogP contribution in [0.4, 0.5) is 0 Å². The van der Waals surface area contributed by atoms with Crippen molar-refractivity contribution in [2.24, 2.45) is 4.99 Å². The third-order valence-electron chi connectivity index (χ3n) is 5.00. The van der Waals surface area contributed by atoms with Gasteiger partial charge in [-0.25, -0.2) is 9.98 Å². The number of rotatable bonds is 8. The fraction of sp³-hybridized carbons (Fsp3) is 0.435. The molecule has 0 bridgehead atoms. The second-order valence-electron chi connectivity index (χ2n) is 7.26. The number of hydrogen-bond donors (Lipinski definition) is 2. The molecule has 1 aliphatic rings. The Bertz CT molecular complexity index is 847. The van der Waals surface area contributed by atoms with Crippen molar-refractivity contribution in [3.8, 4) is 5.88 Å². The number of nitrogens with zero attached hydrogens (tertiary/aromatic N) is 3. The molecule has 0 saturated carbocycles. The summed E-state index contributed by atoms with van der Waals surface area (Å²) in [7, 11) is 0. The number of halogens is 1. The van der Waals surface area contributed by atoms with Crippen molar-refractivity contribution >= 4 is 35.8 Å². The van der Waals surface area contributed by atoms with Crippen LogP contribution in [0.15, 0.2) is 53.7 Å². The smallest absolute Gasteiger partial charge is 0.222 e. The van der Waals surface area contributed by atoms with E-state index in [0.717, 1.165) is 43.1 Å². The lowest BCUT2D eigenvalue weighted by atomic mass is 10.2. The van der Waals surface area contributed by atoms with Gasteiger partial charge < -0.3 is 20.3 Å². The molecule has 1 saturated heterocycles. The Morgan fingerprint density at radius 2 is 2.03 bits per heavy atom. The number of likely N-dealkylation sites (tertiary alicyclic amines) is 1. The summed E-state index contributed by atoms with van der Waals surface area (Å²) in [6.45, 7) is 7.14. The Morgan fingerprint density at radius 3 is 2.77 bits per heavy atom. The molecule has 31 heavy (non-hydrogen) atoms. The molecular weight excluding hydrogens is 505 g/mol. The number of aromatic nitrogens is 1. The summed E-state index contributed by atoms with van der Waals surface area (Å²) < 4.78 is 5.94. The summed E-state index contributed by atoms with van der Waals surface area (Å²) in [5, 5.41) is 6.75. The second-order valence-corrected chi connectivity index (χ2v) is 7.26. The van der Waals surface area contributed by atoms with E-state index in [-0.39, 0.29) is 35.9 Å². The molecule has 1 amide bonds. The lowest BCUT2D eigenvalue weighted by Crippen LogP contribution is -2.45. The molecule has 8 heteroatoms. The zero-order valence-corrected chi connectivity index (χ0v) is 20.5. The summed E-state index contributed by atoms with van der Waals surface area (Å²) in [4.78, 5) is 22.9. The lowest BCUT2D eigenvalue weighted by Gasteiger charge is -2.18. The molecule has 2 N–H and O–H groups in total. The quantitative estimate of drug-likeness (QED) is 0.307. The minimum Gasteiger partial charge on any atom is -0.473 e. The van der Waals surface area contributed by atoms with E-state index in [1.807, 2.05) is 61.2 Å². The first kappa shape index (κ1) is 24.9. The van der Waals surface area contributed by atoms with Crippen LogP contribution in [0.2, 0.25) is 0 Å². The van der Waals surface area contributed by atoms with Crippen LogP contribution in [-0.4, -0.2) is 47.4 Å². The standard InChI is InChI=1S/C23H31N5O2.HI/c1-3-21(29)28-14-12-20(16-28)27-23(24-4-2)26-15-19-11-8-13-25-22(19)30-17-18-9-6-5-7-10-18;/h5-11,13,20H,3-4,12,14-17H2,1-2H3,(H2,24,26,27);1H. The van der Waals surface area contributed by atoms with Gasteiger partial charge in [0.2, 0.25) is 11.8 Å². The number of ether oxygens (including phenoxy) is 1. The molecule has 0 aliphatic carbocycles. The van der Waals surface area contributed by atoms with Crippen molar-refractivity contribution in [1.82, 2.24) is 20.5 Å². The van der Waals surface area contributed by atoms with Gasteiger partial charge in [-0.15, -0.1) is 24.0 Å². The molecular formula is C23H32IN5O2. The van der Waals surface area contributed by atoms with Gasteiger partial charge in [0.1, 0.15) is 6.61 Å². The van der Waals surface area contributed by atoms with E-state index < -0.39 is 0 Å². The van der Waals surface area contributed by atoms with Gasteiger partial charge in [0.25, 0.3) is 0 Å². The van der Waals surface area contributed by atoms with Crippen molar-refractivity contribution in [2.45, 2.75) is 45.9 Å². The van der Waals surface area contributed by atoms with Crippen molar-refractivity contribution in [3.05, 3.63) is 59.8 Å². The molecule has 1 aliphatic heterocycles. The molecule has 0 radical (unpaired) electrons. The monoisotopic (exact) mass is 537 g/mol. The molecule has 0 spiro atoms. The first-order valence-electron chi connectivity index (χ1n) is 10.6. The first-order valence-corrected chi connectivity index (χ1v) is 10.6. The Morgan fingerprint density at radius 1 is 1.23 bits per heavy atom. The zero-order valence-electron chi connectivity index (χ0n) is 18.2. The highest BCUT2D eigenvalue weighted by Gasteiger charge is 2.25. The summed E-state index contributed by atoms with van der Waals surface area (Å²) in [6.07, 6.45) is 3.21. The summed E-state index contributed by atoms with van der Waals surface area (Å²) in [5.74, 6) is 1.55. The Kier molecular flexibility index (Phi) is 10.6. The van der Waals surface area contributed by atoms with Gasteiger partial charge in [-0.3, -0.25) is 4.79 Å². The van der Waals surface area contributed by atoms with E-state index in [0.29, 0.717) is 25.5 Å². The number of pyridine rings is 1. The number of amides is 1. The molecule has 1 unspecified atom stereocenters. The van der Waals surface area contributed by atoms with Crippen LogP contribution in [0, 0.1) is 0 Å². The van der Waals surface area contributed by atoms with E-state index in [9.17, 15) is 4.79 Å². The van der Waals surface area contributed by atoms with Gasteiger partial charge in [-0.2, -0.15) is 0 Å². The SMILES string of the molecule is CCNC(=NCc1cccnc1OCc1ccccc1)NC1CCN(C(=O)CC)C1.I. The summed E-state index contributed by atoms with van der Waals surface area (Å²) in [5.41, 5.74) is 2.03. The number of nitrogens with one attached hydrogen (secondary N) is 2. The van der Waals surface area contributed by atoms with Gasteiger partial charge >= 0.3 is 0 Å². The number of aliphatic imine (C=N–C) groups is 1. The van der Waals surface area contributed by atoms with E-state index in [2.05, 4.69) is 15.6 Å². The average Bonchev–Trinajstić information content (AvgIpc) is 3.25. The van der Waals surface area contributed by atoms with Crippen molar-refractivity contribution in [3.63, 3.8) is 0 Å². The molecule has 1 aromatic carbocycles. The maximum atomic E-state index is 11.9. The van der Waals surface area contributed by atoms with Gasteiger partial charge in [0.15, 0.2) is 5.96 Å². The second kappa shape index (κ2) is 13.1. The van der Waals surface area contributed by atoms with Crippen LogP contribution in [-0.2, 0) is 17.9 Å². The van der Waals surface area contributed by atoms with Gasteiger partial charge in [0.05, 0.1) is 6.54 Å². The maximum Gasteiger partial charge on any atom is 0.222 e. The van der Waals surface area contributed by atoms with Crippen LogP contribution >= 0.6 is 24.0 Å². The number of carbonyl (C=O) groups is 1. The molecule has 1 fully saturated rings. The predicted molar refractivity (Wildman–Crippen MR) is 134 cm³/mol. The number of hydrogen-bond acceptors (Lipinski definition) is 4. The Labute approximate surface area is 201 Å². The topological polar surface area (TPSA) is 78.9 Å². The fourth-order valence-electron chi connectivity index (χ4n) is 3.41. The zero-order chi connectivity index (χ0) is 21.2. The van der Waals surface area contributed by atoms with Crippen LogP contribution in [0.1, 0.15) is 37.8 Å².